The van der Waals surface area contributed by atoms with Gasteiger partial charge in [-0.3, -0.25) is 15.6 Å². The maximum Gasteiger partial charge on any atom is 0.227 e. The Labute approximate surface area is 142 Å². The molecule has 1 aliphatic heterocycles. The third kappa shape index (κ3) is 4.14. The number of carbonyl (C=O) groups is 1. The van der Waals surface area contributed by atoms with Crippen molar-refractivity contribution in [1.82, 2.24) is 15.8 Å². The van der Waals surface area contributed by atoms with Crippen LogP contribution in [-0.2, 0) is 11.2 Å². The van der Waals surface area contributed by atoms with Crippen molar-refractivity contribution in [2.75, 3.05) is 11.9 Å². The quantitative estimate of drug-likeness (QED) is 0.774. The van der Waals surface area contributed by atoms with Crippen LogP contribution in [0.25, 0.3) is 0 Å². The van der Waals surface area contributed by atoms with E-state index >= 15 is 0 Å². The van der Waals surface area contributed by atoms with Gasteiger partial charge in [-0.2, -0.15) is 0 Å². The molecule has 0 bridgehead atoms. The largest absolute Gasteiger partial charge is 0.302 e. The first-order valence-corrected chi connectivity index (χ1v) is 8.51. The fraction of sp³-hybridized carbons (Fsp3) is 0.375. The molecule has 0 spiro atoms. The van der Waals surface area contributed by atoms with E-state index in [2.05, 4.69) is 21.2 Å². The van der Waals surface area contributed by atoms with Gasteiger partial charge in [0.25, 0.3) is 0 Å². The molecular weight excluding hydrogens is 334 g/mol. The molecule has 1 unspecified atom stereocenters. The average Bonchev–Trinajstić information content (AvgIpc) is 3.12. The SMILES string of the molecule is Cc1nc(NC(=O)CC2CCNN2)sc1Cc1ccc(F)cc1F. The first kappa shape index (κ1) is 16.9. The van der Waals surface area contributed by atoms with E-state index in [9.17, 15) is 13.6 Å². The molecule has 2 aromatic rings. The van der Waals surface area contributed by atoms with E-state index in [0.29, 0.717) is 23.5 Å². The number of amides is 1. The van der Waals surface area contributed by atoms with Crippen molar-refractivity contribution >= 4 is 22.4 Å². The summed E-state index contributed by atoms with van der Waals surface area (Å²) in [7, 11) is 0. The number of rotatable bonds is 5. The lowest BCUT2D eigenvalue weighted by Gasteiger charge is -2.07. The molecule has 3 N–H and O–H groups in total. The summed E-state index contributed by atoms with van der Waals surface area (Å²) in [6.45, 7) is 2.66. The third-order valence-electron chi connectivity index (χ3n) is 3.86. The minimum atomic E-state index is -0.597. The second-order valence-electron chi connectivity index (χ2n) is 5.75. The molecule has 1 saturated heterocycles. The molecule has 1 aliphatic rings. The summed E-state index contributed by atoms with van der Waals surface area (Å²) in [5.74, 6) is -1.28. The Kier molecular flexibility index (Phi) is 5.17. The van der Waals surface area contributed by atoms with Crippen LogP contribution in [0.2, 0.25) is 0 Å². The van der Waals surface area contributed by atoms with Gasteiger partial charge in [-0.15, -0.1) is 11.3 Å². The summed E-state index contributed by atoms with van der Waals surface area (Å²) in [6.07, 6.45) is 1.59. The van der Waals surface area contributed by atoms with Gasteiger partial charge in [0.05, 0.1) is 5.69 Å². The Bertz CT molecular complexity index is 744. The second kappa shape index (κ2) is 7.33. The van der Waals surface area contributed by atoms with Gasteiger partial charge in [-0.05, 0) is 25.0 Å². The first-order chi connectivity index (χ1) is 11.5. The molecule has 8 heteroatoms. The number of thiazole rings is 1. The van der Waals surface area contributed by atoms with E-state index in [-0.39, 0.29) is 11.9 Å². The van der Waals surface area contributed by atoms with Crippen molar-refractivity contribution in [3.63, 3.8) is 0 Å². The standard InChI is InChI=1S/C16H18F2N4OS/c1-9-14(6-10-2-3-11(17)7-13(10)18)24-16(20-9)21-15(23)8-12-4-5-19-22-12/h2-3,7,12,19,22H,4-6,8H2,1H3,(H,20,21,23). The Morgan fingerprint density at radius 1 is 1.46 bits per heavy atom. The Hall–Kier alpha value is -1.90. The maximum atomic E-state index is 13.8. The van der Waals surface area contributed by atoms with Crippen LogP contribution >= 0.6 is 11.3 Å². The molecule has 24 heavy (non-hydrogen) atoms. The van der Waals surface area contributed by atoms with E-state index in [0.717, 1.165) is 29.6 Å². The lowest BCUT2D eigenvalue weighted by molar-refractivity contribution is -0.116. The van der Waals surface area contributed by atoms with E-state index < -0.39 is 11.6 Å². The molecule has 3 rings (SSSR count). The average molecular weight is 352 g/mol. The highest BCUT2D eigenvalue weighted by Crippen LogP contribution is 2.26. The zero-order valence-electron chi connectivity index (χ0n) is 13.2. The van der Waals surface area contributed by atoms with Crippen LogP contribution in [0.4, 0.5) is 13.9 Å². The predicted octanol–water partition coefficient (Wildman–Crippen LogP) is 2.52. The van der Waals surface area contributed by atoms with Crippen molar-refractivity contribution in [1.29, 1.82) is 0 Å². The highest BCUT2D eigenvalue weighted by atomic mass is 32.1. The van der Waals surface area contributed by atoms with Crippen LogP contribution in [0.3, 0.4) is 0 Å². The highest BCUT2D eigenvalue weighted by Gasteiger charge is 2.19. The molecule has 0 saturated carbocycles. The van der Waals surface area contributed by atoms with Crippen LogP contribution in [0, 0.1) is 18.6 Å². The van der Waals surface area contributed by atoms with Crippen LogP contribution in [0.1, 0.15) is 29.0 Å². The predicted molar refractivity (Wildman–Crippen MR) is 88.8 cm³/mol. The van der Waals surface area contributed by atoms with E-state index in [4.69, 9.17) is 0 Å². The summed E-state index contributed by atoms with van der Waals surface area (Å²) in [6, 6.07) is 3.66. The van der Waals surface area contributed by atoms with Crippen LogP contribution in [-0.4, -0.2) is 23.5 Å². The van der Waals surface area contributed by atoms with Gasteiger partial charge in [0.15, 0.2) is 5.13 Å². The van der Waals surface area contributed by atoms with E-state index in [1.165, 1.54) is 23.5 Å². The van der Waals surface area contributed by atoms with Crippen LogP contribution < -0.4 is 16.2 Å². The van der Waals surface area contributed by atoms with Gasteiger partial charge in [0.1, 0.15) is 11.6 Å². The number of aromatic nitrogens is 1. The monoisotopic (exact) mass is 352 g/mol. The Balaban J connectivity index is 1.64. The molecule has 2 heterocycles. The molecular formula is C16H18F2N4OS. The normalized spacial score (nSPS) is 17.2. The van der Waals surface area contributed by atoms with E-state index in [1.807, 2.05) is 6.92 Å². The number of aryl methyl sites for hydroxylation is 1. The first-order valence-electron chi connectivity index (χ1n) is 7.69. The van der Waals surface area contributed by atoms with Crippen molar-refractivity contribution < 1.29 is 13.6 Å². The minimum Gasteiger partial charge on any atom is -0.302 e. The fourth-order valence-electron chi connectivity index (χ4n) is 2.57. The summed E-state index contributed by atoms with van der Waals surface area (Å²) >= 11 is 1.31. The number of hydrogen-bond donors (Lipinski definition) is 3. The molecule has 0 radical (unpaired) electrons. The van der Waals surface area contributed by atoms with Crippen LogP contribution in [0.15, 0.2) is 18.2 Å². The molecule has 128 valence electrons. The summed E-state index contributed by atoms with van der Waals surface area (Å²) in [5.41, 5.74) is 7.16. The van der Waals surface area contributed by atoms with Crippen LogP contribution in [0.5, 0.6) is 0 Å². The number of hydrazine groups is 1. The summed E-state index contributed by atoms with van der Waals surface area (Å²) in [4.78, 5) is 17.2. The van der Waals surface area contributed by atoms with Gasteiger partial charge in [-0.1, -0.05) is 6.07 Å². The fourth-order valence-corrected chi connectivity index (χ4v) is 3.57. The molecule has 1 aromatic carbocycles. The number of nitrogens with zero attached hydrogens (tertiary/aromatic N) is 1. The summed E-state index contributed by atoms with van der Waals surface area (Å²) < 4.78 is 26.7. The van der Waals surface area contributed by atoms with Crippen molar-refractivity contribution in [3.05, 3.63) is 46.0 Å². The Morgan fingerprint density at radius 2 is 2.29 bits per heavy atom. The highest BCUT2D eigenvalue weighted by molar-refractivity contribution is 7.15. The lowest BCUT2D eigenvalue weighted by atomic mass is 10.1. The number of hydrogen-bond acceptors (Lipinski definition) is 5. The number of halogens is 2. The maximum absolute atomic E-state index is 13.8. The number of nitrogens with one attached hydrogen (secondary N) is 3. The molecule has 5 nitrogen and oxygen atoms in total. The van der Waals surface area contributed by atoms with Gasteiger partial charge in [0, 0.05) is 36.4 Å². The summed E-state index contributed by atoms with van der Waals surface area (Å²) in [5, 5.41) is 3.29. The van der Waals surface area contributed by atoms with Gasteiger partial charge < -0.3 is 5.32 Å². The molecule has 1 amide bonds. The van der Waals surface area contributed by atoms with E-state index in [1.54, 1.807) is 0 Å². The molecule has 0 aliphatic carbocycles. The minimum absolute atomic E-state index is 0.107. The zero-order valence-corrected chi connectivity index (χ0v) is 14.0. The van der Waals surface area contributed by atoms with Gasteiger partial charge in [0.2, 0.25) is 5.91 Å². The van der Waals surface area contributed by atoms with Gasteiger partial charge in [-0.25, -0.2) is 13.8 Å². The lowest BCUT2D eigenvalue weighted by Crippen LogP contribution is -2.33. The number of benzene rings is 1. The van der Waals surface area contributed by atoms with Crippen molar-refractivity contribution in [2.24, 2.45) is 0 Å². The Morgan fingerprint density at radius 3 is 3.00 bits per heavy atom. The molecule has 1 aromatic heterocycles. The van der Waals surface area contributed by atoms with Gasteiger partial charge >= 0.3 is 0 Å². The molecule has 1 fully saturated rings. The zero-order chi connectivity index (χ0) is 17.1. The smallest absolute Gasteiger partial charge is 0.227 e. The van der Waals surface area contributed by atoms with Crippen molar-refractivity contribution in [2.45, 2.75) is 32.2 Å². The van der Waals surface area contributed by atoms with Crippen molar-refractivity contribution in [3.8, 4) is 0 Å². The number of anilines is 1. The third-order valence-corrected chi connectivity index (χ3v) is 4.93. The second-order valence-corrected chi connectivity index (χ2v) is 6.83. The molecule has 1 atom stereocenters. The number of carbonyl (C=O) groups excluding carboxylic acids is 1. The topological polar surface area (TPSA) is 66.0 Å².